The fourth-order valence-corrected chi connectivity index (χ4v) is 3.35. The van der Waals surface area contributed by atoms with Gasteiger partial charge in [-0.1, -0.05) is 0 Å². The highest BCUT2D eigenvalue weighted by molar-refractivity contribution is 7.12. The predicted octanol–water partition coefficient (Wildman–Crippen LogP) is 2.11. The fraction of sp³-hybridized carbons (Fsp3) is 0.538. The van der Waals surface area contributed by atoms with Gasteiger partial charge in [-0.05, 0) is 37.3 Å². The second kappa shape index (κ2) is 6.00. The van der Waals surface area contributed by atoms with Crippen LogP contribution in [0, 0.1) is 0 Å². The fourth-order valence-electron chi connectivity index (χ4n) is 2.15. The number of rotatable bonds is 6. The third kappa shape index (κ3) is 3.57. The molecule has 0 saturated heterocycles. The van der Waals surface area contributed by atoms with Crippen LogP contribution in [0.15, 0.2) is 6.07 Å². The van der Waals surface area contributed by atoms with Gasteiger partial charge in [0.15, 0.2) is 0 Å². The molecular formula is C13H17NO3S. The van der Waals surface area contributed by atoms with E-state index < -0.39 is 5.97 Å². The first-order valence-corrected chi connectivity index (χ1v) is 7.06. The van der Waals surface area contributed by atoms with Crippen LogP contribution in [-0.2, 0) is 29.0 Å². The van der Waals surface area contributed by atoms with Crippen LogP contribution in [0.25, 0.3) is 0 Å². The largest absolute Gasteiger partial charge is 0.481 e. The Morgan fingerprint density at radius 1 is 1.33 bits per heavy atom. The number of amides is 1. The Morgan fingerprint density at radius 2 is 2.17 bits per heavy atom. The molecule has 0 bridgehead atoms. The zero-order valence-electron chi connectivity index (χ0n) is 10.2. The van der Waals surface area contributed by atoms with E-state index in [1.807, 2.05) is 0 Å². The van der Waals surface area contributed by atoms with E-state index in [2.05, 4.69) is 11.4 Å². The number of carbonyl (C=O) groups excluding carboxylic acids is 1. The summed E-state index contributed by atoms with van der Waals surface area (Å²) in [6, 6.07) is 2.19. The minimum Gasteiger partial charge on any atom is -0.481 e. The topological polar surface area (TPSA) is 66.4 Å². The zero-order valence-corrected chi connectivity index (χ0v) is 11.0. The third-order valence-electron chi connectivity index (χ3n) is 3.05. The molecule has 5 heteroatoms. The third-order valence-corrected chi connectivity index (χ3v) is 4.29. The molecule has 18 heavy (non-hydrogen) atoms. The molecule has 98 valence electrons. The van der Waals surface area contributed by atoms with Crippen molar-refractivity contribution in [2.24, 2.45) is 0 Å². The number of nitrogens with one attached hydrogen (secondary N) is 1. The number of carboxylic acids is 1. The number of hydrogen-bond acceptors (Lipinski definition) is 3. The number of aryl methyl sites for hydroxylation is 2. The highest BCUT2D eigenvalue weighted by Gasteiger charge is 2.14. The van der Waals surface area contributed by atoms with Gasteiger partial charge in [-0.25, -0.2) is 0 Å². The minimum absolute atomic E-state index is 0.0563. The van der Waals surface area contributed by atoms with E-state index in [9.17, 15) is 9.59 Å². The second-order valence-electron chi connectivity index (χ2n) is 4.54. The van der Waals surface area contributed by atoms with Crippen molar-refractivity contribution in [2.75, 3.05) is 0 Å². The molecule has 1 heterocycles. The van der Waals surface area contributed by atoms with E-state index >= 15 is 0 Å². The van der Waals surface area contributed by atoms with Crippen LogP contribution in [0.2, 0.25) is 0 Å². The van der Waals surface area contributed by atoms with E-state index in [4.69, 9.17) is 5.11 Å². The van der Waals surface area contributed by atoms with Gasteiger partial charge in [-0.3, -0.25) is 9.59 Å². The lowest BCUT2D eigenvalue weighted by Crippen LogP contribution is -2.22. The van der Waals surface area contributed by atoms with Crippen molar-refractivity contribution in [1.82, 2.24) is 5.32 Å². The summed E-state index contributed by atoms with van der Waals surface area (Å²) >= 11 is 1.78. The zero-order chi connectivity index (χ0) is 13.0. The molecule has 4 nitrogen and oxygen atoms in total. The van der Waals surface area contributed by atoms with Crippen LogP contribution >= 0.6 is 11.3 Å². The van der Waals surface area contributed by atoms with Crippen molar-refractivity contribution in [3.63, 3.8) is 0 Å². The van der Waals surface area contributed by atoms with E-state index in [1.165, 1.54) is 34.6 Å². The Balaban J connectivity index is 1.70. The van der Waals surface area contributed by atoms with Gasteiger partial charge in [0.25, 0.3) is 0 Å². The molecule has 1 aromatic rings. The molecule has 1 amide bonds. The number of hydrogen-bond donors (Lipinski definition) is 2. The van der Waals surface area contributed by atoms with Gasteiger partial charge in [0.05, 0.1) is 6.54 Å². The molecule has 1 aliphatic rings. The van der Waals surface area contributed by atoms with Crippen LogP contribution in [0.4, 0.5) is 0 Å². The summed E-state index contributed by atoms with van der Waals surface area (Å²) in [7, 11) is 0. The van der Waals surface area contributed by atoms with Crippen LogP contribution in [0.1, 0.15) is 41.0 Å². The Kier molecular flexibility index (Phi) is 4.36. The maximum Gasteiger partial charge on any atom is 0.303 e. The van der Waals surface area contributed by atoms with Gasteiger partial charge < -0.3 is 10.4 Å². The van der Waals surface area contributed by atoms with Crippen LogP contribution in [0.3, 0.4) is 0 Å². The molecule has 0 aromatic carbocycles. The van der Waals surface area contributed by atoms with E-state index in [0.717, 1.165) is 0 Å². The quantitative estimate of drug-likeness (QED) is 0.829. The average Bonchev–Trinajstić information content (AvgIpc) is 2.85. The summed E-state index contributed by atoms with van der Waals surface area (Å²) < 4.78 is 0. The summed E-state index contributed by atoms with van der Waals surface area (Å²) in [6.07, 6.45) is 4.34. The number of thiophene rings is 1. The molecule has 2 rings (SSSR count). The van der Waals surface area contributed by atoms with Gasteiger partial charge in [0.2, 0.25) is 5.91 Å². The Morgan fingerprint density at radius 3 is 2.89 bits per heavy atom. The molecule has 0 spiro atoms. The summed E-state index contributed by atoms with van der Waals surface area (Å²) in [6.45, 7) is 0.573. The first-order valence-electron chi connectivity index (χ1n) is 6.24. The molecule has 2 N–H and O–H groups in total. The Bertz CT molecular complexity index is 432. The standard InChI is InChI=1S/C13H17NO3S/c15-12(5-2-6-13(16)17)14-8-10-7-9-3-1-4-11(9)18-10/h7H,1-6,8H2,(H,14,15)(H,16,17). The van der Waals surface area contributed by atoms with Gasteiger partial charge in [0.1, 0.15) is 0 Å². The minimum atomic E-state index is -0.850. The van der Waals surface area contributed by atoms with Gasteiger partial charge in [0, 0.05) is 22.6 Å². The molecule has 0 saturated carbocycles. The number of aliphatic carboxylic acids is 1. The number of carboxylic acid groups (broad SMARTS) is 1. The first kappa shape index (κ1) is 13.1. The van der Waals surface area contributed by atoms with Crippen molar-refractivity contribution in [3.05, 3.63) is 21.4 Å². The van der Waals surface area contributed by atoms with Crippen molar-refractivity contribution in [1.29, 1.82) is 0 Å². The van der Waals surface area contributed by atoms with Crippen LogP contribution in [-0.4, -0.2) is 17.0 Å². The molecule has 1 aromatic heterocycles. The van der Waals surface area contributed by atoms with Gasteiger partial charge >= 0.3 is 5.97 Å². The molecule has 0 atom stereocenters. The van der Waals surface area contributed by atoms with Crippen molar-refractivity contribution >= 4 is 23.2 Å². The predicted molar refractivity (Wildman–Crippen MR) is 69.7 cm³/mol. The summed E-state index contributed by atoms with van der Waals surface area (Å²) in [5.41, 5.74) is 1.44. The van der Waals surface area contributed by atoms with Gasteiger partial charge in [-0.2, -0.15) is 0 Å². The highest BCUT2D eigenvalue weighted by atomic mass is 32.1. The number of carbonyl (C=O) groups is 2. The van der Waals surface area contributed by atoms with Crippen LogP contribution in [0.5, 0.6) is 0 Å². The molecule has 0 radical (unpaired) electrons. The van der Waals surface area contributed by atoms with Gasteiger partial charge in [-0.15, -0.1) is 11.3 Å². The van der Waals surface area contributed by atoms with E-state index in [1.54, 1.807) is 11.3 Å². The SMILES string of the molecule is O=C(O)CCCC(=O)NCc1cc2c(s1)CCC2. The normalized spacial score (nSPS) is 13.3. The maximum atomic E-state index is 11.5. The Labute approximate surface area is 110 Å². The Hall–Kier alpha value is -1.36. The molecule has 0 fully saturated rings. The van der Waals surface area contributed by atoms with E-state index in [-0.39, 0.29) is 18.7 Å². The van der Waals surface area contributed by atoms with Crippen molar-refractivity contribution in [2.45, 2.75) is 45.1 Å². The monoisotopic (exact) mass is 267 g/mol. The average molecular weight is 267 g/mol. The van der Waals surface area contributed by atoms with Crippen LogP contribution < -0.4 is 5.32 Å². The van der Waals surface area contributed by atoms with E-state index in [0.29, 0.717) is 13.0 Å². The summed E-state index contributed by atoms with van der Waals surface area (Å²) in [4.78, 5) is 24.4. The lowest BCUT2D eigenvalue weighted by molar-refractivity contribution is -0.137. The molecule has 0 unspecified atom stereocenters. The molecule has 1 aliphatic carbocycles. The second-order valence-corrected chi connectivity index (χ2v) is 5.76. The first-order chi connectivity index (χ1) is 8.65. The molecular weight excluding hydrogens is 250 g/mol. The lowest BCUT2D eigenvalue weighted by atomic mass is 10.2. The maximum absolute atomic E-state index is 11.5. The van der Waals surface area contributed by atoms with Crippen molar-refractivity contribution in [3.8, 4) is 0 Å². The summed E-state index contributed by atoms with van der Waals surface area (Å²) in [5.74, 6) is -0.915. The highest BCUT2D eigenvalue weighted by Crippen LogP contribution is 2.30. The lowest BCUT2D eigenvalue weighted by Gasteiger charge is -2.02. The summed E-state index contributed by atoms with van der Waals surface area (Å²) in [5, 5.41) is 11.3. The van der Waals surface area contributed by atoms with Crippen molar-refractivity contribution < 1.29 is 14.7 Å². The molecule has 0 aliphatic heterocycles. The smallest absolute Gasteiger partial charge is 0.303 e. The number of fused-ring (bicyclic) bond motifs is 1.